The molecule has 15 heavy (non-hydrogen) atoms. The molecule has 2 rings (SSSR count). The van der Waals surface area contributed by atoms with Gasteiger partial charge in [-0.1, -0.05) is 11.8 Å². The van der Waals surface area contributed by atoms with Crippen LogP contribution in [0.1, 0.15) is 6.42 Å². The van der Waals surface area contributed by atoms with Gasteiger partial charge in [0.15, 0.2) is 11.0 Å². The third-order valence-electron chi connectivity index (χ3n) is 2.21. The molecule has 0 spiro atoms. The molecule has 84 valence electrons. The Bertz CT molecular complexity index is 290. The van der Waals surface area contributed by atoms with Crippen molar-refractivity contribution < 1.29 is 4.39 Å². The molecule has 0 bridgehead atoms. The average molecular weight is 250 g/mol. The van der Waals surface area contributed by atoms with Crippen LogP contribution in [0.25, 0.3) is 0 Å². The monoisotopic (exact) mass is 249 g/mol. The quantitative estimate of drug-likeness (QED) is 0.654. The highest BCUT2D eigenvalue weighted by atomic mass is 35.5. The van der Waals surface area contributed by atoms with Crippen LogP contribution in [-0.2, 0) is 0 Å². The fraction of sp³-hybridized carbons (Fsp3) is 0.556. The molecule has 6 heteroatoms. The number of thioether (sulfide) groups is 1. The SMILES string of the molecule is Cl.Fc1cnc(SCC2CCNC2)nc1. The molecule has 0 saturated carbocycles. The standard InChI is InChI=1S/C9H12FN3S.ClH/c10-8-4-12-9(13-5-8)14-6-7-1-2-11-3-7;/h4-5,7,11H,1-3,6H2;1H. The highest BCUT2D eigenvalue weighted by Crippen LogP contribution is 2.19. The summed E-state index contributed by atoms with van der Waals surface area (Å²) in [6.07, 6.45) is 3.64. The first-order valence-electron chi connectivity index (χ1n) is 4.65. The molecule has 0 radical (unpaired) electrons. The number of hydrogen-bond donors (Lipinski definition) is 1. The van der Waals surface area contributed by atoms with Crippen LogP contribution >= 0.6 is 24.2 Å². The molecular weight excluding hydrogens is 237 g/mol. The molecule has 1 aromatic heterocycles. The van der Waals surface area contributed by atoms with Crippen molar-refractivity contribution in [1.82, 2.24) is 15.3 Å². The Morgan fingerprint density at radius 1 is 1.47 bits per heavy atom. The minimum Gasteiger partial charge on any atom is -0.316 e. The highest BCUT2D eigenvalue weighted by Gasteiger charge is 2.14. The van der Waals surface area contributed by atoms with Crippen molar-refractivity contribution in [3.63, 3.8) is 0 Å². The van der Waals surface area contributed by atoms with Gasteiger partial charge in [-0.05, 0) is 25.4 Å². The Morgan fingerprint density at radius 2 is 2.20 bits per heavy atom. The van der Waals surface area contributed by atoms with E-state index in [0.717, 1.165) is 18.8 Å². The lowest BCUT2D eigenvalue weighted by atomic mass is 10.2. The largest absolute Gasteiger partial charge is 0.316 e. The molecule has 1 atom stereocenters. The van der Waals surface area contributed by atoms with Gasteiger partial charge in [-0.15, -0.1) is 12.4 Å². The number of halogens is 2. The van der Waals surface area contributed by atoms with Gasteiger partial charge in [-0.25, -0.2) is 14.4 Å². The summed E-state index contributed by atoms with van der Waals surface area (Å²) < 4.78 is 12.5. The lowest BCUT2D eigenvalue weighted by Gasteiger charge is -2.05. The zero-order valence-electron chi connectivity index (χ0n) is 8.15. The van der Waals surface area contributed by atoms with Crippen LogP contribution in [0, 0.1) is 11.7 Å². The Hall–Kier alpha value is -0.390. The molecule has 3 nitrogen and oxygen atoms in total. The van der Waals surface area contributed by atoms with Crippen molar-refractivity contribution in [2.45, 2.75) is 11.6 Å². The molecule has 1 N–H and O–H groups in total. The summed E-state index contributed by atoms with van der Waals surface area (Å²) in [5.74, 6) is 1.34. The van der Waals surface area contributed by atoms with Crippen molar-refractivity contribution >= 4 is 24.2 Å². The van der Waals surface area contributed by atoms with E-state index >= 15 is 0 Å². The molecule has 0 aliphatic carbocycles. The van der Waals surface area contributed by atoms with Gasteiger partial charge in [0.05, 0.1) is 12.4 Å². The highest BCUT2D eigenvalue weighted by molar-refractivity contribution is 7.99. The van der Waals surface area contributed by atoms with Gasteiger partial charge >= 0.3 is 0 Å². The van der Waals surface area contributed by atoms with E-state index in [0.29, 0.717) is 11.1 Å². The summed E-state index contributed by atoms with van der Waals surface area (Å²) >= 11 is 1.60. The molecule has 0 amide bonds. The fourth-order valence-electron chi connectivity index (χ4n) is 1.42. The first-order chi connectivity index (χ1) is 6.84. The van der Waals surface area contributed by atoms with Crippen molar-refractivity contribution in [3.8, 4) is 0 Å². The summed E-state index contributed by atoms with van der Waals surface area (Å²) in [6, 6.07) is 0. The van der Waals surface area contributed by atoms with Crippen LogP contribution in [-0.4, -0.2) is 28.8 Å². The smallest absolute Gasteiger partial charge is 0.187 e. The predicted molar refractivity (Wildman–Crippen MR) is 60.9 cm³/mol. The molecule has 1 unspecified atom stereocenters. The van der Waals surface area contributed by atoms with Gasteiger partial charge in [-0.3, -0.25) is 0 Å². The third-order valence-corrected chi connectivity index (χ3v) is 3.31. The van der Waals surface area contributed by atoms with Crippen molar-refractivity contribution in [2.24, 2.45) is 5.92 Å². The second-order valence-corrected chi connectivity index (χ2v) is 4.34. The topological polar surface area (TPSA) is 37.8 Å². The van der Waals surface area contributed by atoms with Gasteiger partial charge in [0.1, 0.15) is 0 Å². The second-order valence-electron chi connectivity index (χ2n) is 3.35. The number of nitrogens with one attached hydrogen (secondary N) is 1. The number of nitrogens with zero attached hydrogens (tertiary/aromatic N) is 2. The van der Waals surface area contributed by atoms with Gasteiger partial charge in [0.25, 0.3) is 0 Å². The lowest BCUT2D eigenvalue weighted by molar-refractivity contribution is 0.605. The average Bonchev–Trinajstić information content (AvgIpc) is 2.70. The van der Waals surface area contributed by atoms with Crippen LogP contribution in [0.2, 0.25) is 0 Å². The molecule has 1 aliphatic rings. The van der Waals surface area contributed by atoms with E-state index in [1.165, 1.54) is 18.8 Å². The molecule has 1 aliphatic heterocycles. The summed E-state index contributed by atoms with van der Waals surface area (Å²) in [4.78, 5) is 7.79. The summed E-state index contributed by atoms with van der Waals surface area (Å²) in [5, 5.41) is 3.97. The first kappa shape index (κ1) is 12.7. The van der Waals surface area contributed by atoms with E-state index in [1.807, 2.05) is 0 Å². The van der Waals surface area contributed by atoms with E-state index in [-0.39, 0.29) is 18.2 Å². The van der Waals surface area contributed by atoms with Crippen LogP contribution < -0.4 is 5.32 Å². The zero-order valence-corrected chi connectivity index (χ0v) is 9.78. The number of rotatable bonds is 3. The molecule has 1 saturated heterocycles. The van der Waals surface area contributed by atoms with E-state index < -0.39 is 0 Å². The van der Waals surface area contributed by atoms with Gasteiger partial charge < -0.3 is 5.32 Å². The third kappa shape index (κ3) is 3.93. The molecule has 2 heterocycles. The zero-order chi connectivity index (χ0) is 9.80. The maximum absolute atomic E-state index is 12.5. The van der Waals surface area contributed by atoms with E-state index in [4.69, 9.17) is 0 Å². The van der Waals surface area contributed by atoms with Crippen molar-refractivity contribution in [3.05, 3.63) is 18.2 Å². The molecular formula is C9H13ClFN3S. The fourth-order valence-corrected chi connectivity index (χ4v) is 2.35. The Kier molecular flexibility index (Phi) is 5.28. The van der Waals surface area contributed by atoms with E-state index in [2.05, 4.69) is 15.3 Å². The Morgan fingerprint density at radius 3 is 2.80 bits per heavy atom. The van der Waals surface area contributed by atoms with Crippen LogP contribution in [0.3, 0.4) is 0 Å². The first-order valence-corrected chi connectivity index (χ1v) is 5.64. The van der Waals surface area contributed by atoms with Gasteiger partial charge in [-0.2, -0.15) is 0 Å². The van der Waals surface area contributed by atoms with Crippen LogP contribution in [0.5, 0.6) is 0 Å². The van der Waals surface area contributed by atoms with Crippen molar-refractivity contribution in [2.75, 3.05) is 18.8 Å². The maximum atomic E-state index is 12.5. The minimum atomic E-state index is -0.378. The predicted octanol–water partition coefficient (Wildman–Crippen LogP) is 1.74. The number of aromatic nitrogens is 2. The van der Waals surface area contributed by atoms with Crippen LogP contribution in [0.15, 0.2) is 17.6 Å². The summed E-state index contributed by atoms with van der Waals surface area (Å²) in [7, 11) is 0. The second kappa shape index (κ2) is 6.25. The van der Waals surface area contributed by atoms with Gasteiger partial charge in [0.2, 0.25) is 0 Å². The summed E-state index contributed by atoms with van der Waals surface area (Å²) in [5.41, 5.74) is 0. The maximum Gasteiger partial charge on any atom is 0.187 e. The molecule has 0 aromatic carbocycles. The van der Waals surface area contributed by atoms with Crippen LogP contribution in [0.4, 0.5) is 4.39 Å². The normalized spacial score (nSPS) is 19.9. The molecule has 1 fully saturated rings. The number of hydrogen-bond acceptors (Lipinski definition) is 4. The minimum absolute atomic E-state index is 0. The lowest BCUT2D eigenvalue weighted by Crippen LogP contribution is -2.10. The molecule has 1 aromatic rings. The van der Waals surface area contributed by atoms with Gasteiger partial charge in [0, 0.05) is 5.75 Å². The Balaban J connectivity index is 0.00000112. The van der Waals surface area contributed by atoms with Crippen molar-refractivity contribution in [1.29, 1.82) is 0 Å². The van der Waals surface area contributed by atoms with E-state index in [1.54, 1.807) is 11.8 Å². The summed E-state index contributed by atoms with van der Waals surface area (Å²) in [6.45, 7) is 2.18. The Labute approximate surface area is 98.7 Å². The van der Waals surface area contributed by atoms with E-state index in [9.17, 15) is 4.39 Å².